The lowest BCUT2D eigenvalue weighted by Crippen LogP contribution is -2.16. The largest absolute Gasteiger partial charge is 0.487 e. The number of nitrogens with one attached hydrogen (secondary N) is 2. The van der Waals surface area contributed by atoms with Crippen molar-refractivity contribution in [3.05, 3.63) is 125 Å². The fraction of sp³-hybridized carbons (Fsp3) is 0.0357. The summed E-state index contributed by atoms with van der Waals surface area (Å²) < 4.78 is 6.01. The van der Waals surface area contributed by atoms with E-state index < -0.39 is 0 Å². The molecule has 0 radical (unpaired) electrons. The molecule has 0 bridgehead atoms. The zero-order valence-electron chi connectivity index (χ0n) is 18.2. The van der Waals surface area contributed by atoms with E-state index in [0.717, 1.165) is 5.56 Å². The quantitative estimate of drug-likeness (QED) is 0.383. The van der Waals surface area contributed by atoms with Gasteiger partial charge in [-0.25, -0.2) is 0 Å². The summed E-state index contributed by atoms with van der Waals surface area (Å²) in [5.41, 5.74) is 2.63. The highest BCUT2D eigenvalue weighted by molar-refractivity contribution is 6.07. The van der Waals surface area contributed by atoms with Gasteiger partial charge < -0.3 is 15.4 Å². The Labute approximate surface area is 197 Å². The van der Waals surface area contributed by atoms with Gasteiger partial charge in [0, 0.05) is 22.9 Å². The van der Waals surface area contributed by atoms with Crippen LogP contribution in [0.2, 0.25) is 0 Å². The van der Waals surface area contributed by atoms with Gasteiger partial charge in [0.2, 0.25) is 0 Å². The second kappa shape index (κ2) is 10.6. The first-order valence-corrected chi connectivity index (χ1v) is 10.6. The Balaban J connectivity index is 1.67. The topological polar surface area (TPSA) is 91.2 Å². The molecule has 6 nitrogen and oxygen atoms in total. The standard InChI is InChI=1S/C28H21N3O3/c29-18-23-16-24(30-27(32)21-12-6-2-7-13-21)17-25(34-19-20-10-4-1-5-11-20)26(23)31-28(33)22-14-8-3-9-15-22/h1-17H,19H2,(H,30,32)(H,31,33). The lowest BCUT2D eigenvalue weighted by molar-refractivity contribution is 0.101. The molecule has 0 aromatic heterocycles. The van der Waals surface area contributed by atoms with Gasteiger partial charge in [-0.3, -0.25) is 9.59 Å². The highest BCUT2D eigenvalue weighted by Gasteiger charge is 2.18. The molecule has 0 fully saturated rings. The van der Waals surface area contributed by atoms with E-state index in [1.807, 2.05) is 42.5 Å². The van der Waals surface area contributed by atoms with E-state index in [0.29, 0.717) is 16.8 Å². The molecule has 0 aliphatic heterocycles. The van der Waals surface area contributed by atoms with Gasteiger partial charge in [0.05, 0.1) is 5.56 Å². The second-order valence-electron chi connectivity index (χ2n) is 7.42. The third kappa shape index (κ3) is 5.47. The minimum Gasteiger partial charge on any atom is -0.487 e. The summed E-state index contributed by atoms with van der Waals surface area (Å²) in [6.45, 7) is 0.218. The SMILES string of the molecule is N#Cc1cc(NC(=O)c2ccccc2)cc(OCc2ccccc2)c1NC(=O)c1ccccc1. The zero-order chi connectivity index (χ0) is 23.8. The van der Waals surface area contributed by atoms with Crippen molar-refractivity contribution < 1.29 is 14.3 Å². The number of benzene rings is 4. The maximum Gasteiger partial charge on any atom is 0.255 e. The Hall–Kier alpha value is -4.89. The number of rotatable bonds is 7. The molecule has 0 saturated heterocycles. The van der Waals surface area contributed by atoms with Crippen LogP contribution in [0.3, 0.4) is 0 Å². The summed E-state index contributed by atoms with van der Waals surface area (Å²) in [5.74, 6) is -0.419. The first-order valence-electron chi connectivity index (χ1n) is 10.6. The first kappa shape index (κ1) is 22.3. The summed E-state index contributed by atoms with van der Waals surface area (Å²) in [7, 11) is 0. The zero-order valence-corrected chi connectivity index (χ0v) is 18.2. The van der Waals surface area contributed by atoms with E-state index in [-0.39, 0.29) is 35.4 Å². The van der Waals surface area contributed by atoms with E-state index in [4.69, 9.17) is 4.74 Å². The van der Waals surface area contributed by atoms with Crippen LogP contribution in [0.25, 0.3) is 0 Å². The Kier molecular flexibility index (Phi) is 6.97. The molecule has 0 unspecified atom stereocenters. The molecular formula is C28H21N3O3. The molecule has 166 valence electrons. The van der Waals surface area contributed by atoms with Crippen LogP contribution < -0.4 is 15.4 Å². The third-order valence-corrected chi connectivity index (χ3v) is 5.03. The van der Waals surface area contributed by atoms with Crippen molar-refractivity contribution in [1.82, 2.24) is 0 Å². The van der Waals surface area contributed by atoms with Crippen LogP contribution in [-0.4, -0.2) is 11.8 Å². The molecule has 6 heteroatoms. The van der Waals surface area contributed by atoms with Gasteiger partial charge >= 0.3 is 0 Å². The van der Waals surface area contributed by atoms with E-state index >= 15 is 0 Å². The maximum atomic E-state index is 12.8. The van der Waals surface area contributed by atoms with Crippen molar-refractivity contribution in [3.63, 3.8) is 0 Å². The molecule has 2 N–H and O–H groups in total. The number of carbonyl (C=O) groups is 2. The van der Waals surface area contributed by atoms with Gasteiger partial charge in [-0.15, -0.1) is 0 Å². The van der Waals surface area contributed by atoms with Crippen LogP contribution in [0.4, 0.5) is 11.4 Å². The normalized spacial score (nSPS) is 10.1. The average molecular weight is 447 g/mol. The summed E-state index contributed by atoms with van der Waals surface area (Å²) in [6, 6.07) is 32.2. The van der Waals surface area contributed by atoms with Crippen molar-refractivity contribution in [2.24, 2.45) is 0 Å². The van der Waals surface area contributed by atoms with Crippen LogP contribution in [0.15, 0.2) is 103 Å². The molecule has 0 heterocycles. The molecule has 4 rings (SSSR count). The molecule has 0 aliphatic rings. The third-order valence-electron chi connectivity index (χ3n) is 5.03. The number of nitriles is 1. The molecule has 0 saturated carbocycles. The lowest BCUT2D eigenvalue weighted by atomic mass is 10.1. The van der Waals surface area contributed by atoms with Crippen LogP contribution in [0.1, 0.15) is 31.8 Å². The van der Waals surface area contributed by atoms with Gasteiger partial charge in [0.25, 0.3) is 11.8 Å². The highest BCUT2D eigenvalue weighted by Crippen LogP contribution is 2.34. The predicted molar refractivity (Wildman–Crippen MR) is 131 cm³/mol. The van der Waals surface area contributed by atoms with Crippen molar-refractivity contribution in [3.8, 4) is 11.8 Å². The van der Waals surface area contributed by atoms with E-state index in [2.05, 4.69) is 16.7 Å². The Morgan fingerprint density at radius 1 is 0.735 bits per heavy atom. The summed E-state index contributed by atoms with van der Waals surface area (Å²) in [6.07, 6.45) is 0. The van der Waals surface area contributed by atoms with Gasteiger partial charge in [0.15, 0.2) is 0 Å². The molecule has 0 spiro atoms. The smallest absolute Gasteiger partial charge is 0.255 e. The molecule has 0 atom stereocenters. The Morgan fingerprint density at radius 3 is 1.82 bits per heavy atom. The van der Waals surface area contributed by atoms with Crippen molar-refractivity contribution >= 4 is 23.2 Å². The molecule has 2 amide bonds. The van der Waals surface area contributed by atoms with E-state index in [1.54, 1.807) is 54.6 Å². The highest BCUT2D eigenvalue weighted by atomic mass is 16.5. The average Bonchev–Trinajstić information content (AvgIpc) is 2.90. The lowest BCUT2D eigenvalue weighted by Gasteiger charge is -2.16. The summed E-state index contributed by atoms with van der Waals surface area (Å²) in [4.78, 5) is 25.5. The van der Waals surface area contributed by atoms with E-state index in [9.17, 15) is 14.9 Å². The van der Waals surface area contributed by atoms with E-state index in [1.165, 1.54) is 6.07 Å². The minimum atomic E-state index is -0.372. The fourth-order valence-electron chi connectivity index (χ4n) is 3.32. The molecular weight excluding hydrogens is 426 g/mol. The number of nitrogens with zero attached hydrogens (tertiary/aromatic N) is 1. The number of hydrogen-bond acceptors (Lipinski definition) is 4. The summed E-state index contributed by atoms with van der Waals surface area (Å²) in [5, 5.41) is 15.4. The van der Waals surface area contributed by atoms with Crippen LogP contribution in [0, 0.1) is 11.3 Å². The number of anilines is 2. The first-order chi connectivity index (χ1) is 16.6. The van der Waals surface area contributed by atoms with Crippen LogP contribution in [0.5, 0.6) is 5.75 Å². The van der Waals surface area contributed by atoms with Gasteiger partial charge in [0.1, 0.15) is 24.1 Å². The van der Waals surface area contributed by atoms with Gasteiger partial charge in [-0.05, 0) is 35.9 Å². The van der Waals surface area contributed by atoms with Gasteiger partial charge in [-0.1, -0.05) is 66.7 Å². The Bertz CT molecular complexity index is 1330. The van der Waals surface area contributed by atoms with Crippen molar-refractivity contribution in [2.45, 2.75) is 6.61 Å². The number of carbonyl (C=O) groups excluding carboxylic acids is 2. The molecule has 4 aromatic rings. The Morgan fingerprint density at radius 2 is 1.26 bits per heavy atom. The second-order valence-corrected chi connectivity index (χ2v) is 7.42. The maximum absolute atomic E-state index is 12.8. The fourth-order valence-corrected chi connectivity index (χ4v) is 3.32. The minimum absolute atomic E-state index is 0.165. The monoisotopic (exact) mass is 447 g/mol. The summed E-state index contributed by atoms with van der Waals surface area (Å²) >= 11 is 0. The predicted octanol–water partition coefficient (Wildman–Crippen LogP) is 5.64. The van der Waals surface area contributed by atoms with Crippen molar-refractivity contribution in [1.29, 1.82) is 5.26 Å². The van der Waals surface area contributed by atoms with Crippen LogP contribution >= 0.6 is 0 Å². The number of amides is 2. The number of hydrogen-bond donors (Lipinski definition) is 2. The van der Waals surface area contributed by atoms with Crippen molar-refractivity contribution in [2.75, 3.05) is 10.6 Å². The van der Waals surface area contributed by atoms with Gasteiger partial charge in [-0.2, -0.15) is 5.26 Å². The van der Waals surface area contributed by atoms with Crippen LogP contribution in [-0.2, 0) is 6.61 Å². The number of ether oxygens (including phenoxy) is 1. The molecule has 4 aromatic carbocycles. The molecule has 34 heavy (non-hydrogen) atoms. The molecule has 0 aliphatic carbocycles.